The minimum Gasteiger partial charge on any atom is -0.508 e. The van der Waals surface area contributed by atoms with Crippen molar-refractivity contribution in [2.75, 3.05) is 6.61 Å². The summed E-state index contributed by atoms with van der Waals surface area (Å²) in [4.78, 5) is 12.1. The number of rotatable bonds is 6. The van der Waals surface area contributed by atoms with Gasteiger partial charge in [0.1, 0.15) is 17.2 Å². The molecule has 0 atom stereocenters. The molecule has 0 unspecified atom stereocenters. The van der Waals surface area contributed by atoms with E-state index in [4.69, 9.17) is 4.74 Å². The minimum atomic E-state index is -0.379. The van der Waals surface area contributed by atoms with Crippen LogP contribution in [0.1, 0.15) is 36.2 Å². The van der Waals surface area contributed by atoms with Crippen LogP contribution in [0, 0.1) is 0 Å². The van der Waals surface area contributed by atoms with Crippen LogP contribution in [-0.2, 0) is 0 Å². The molecule has 0 radical (unpaired) electrons. The Labute approximate surface area is 140 Å². The number of hydrogen-bond acceptors (Lipinski definition) is 5. The van der Waals surface area contributed by atoms with Crippen molar-refractivity contribution in [3.63, 3.8) is 0 Å². The highest BCUT2D eigenvalue weighted by Gasteiger charge is 2.08. The molecule has 1 amide bonds. The molecule has 2 rings (SSSR count). The lowest BCUT2D eigenvalue weighted by Crippen LogP contribution is -2.19. The summed E-state index contributed by atoms with van der Waals surface area (Å²) in [5.41, 5.74) is 3.58. The maximum atomic E-state index is 12.1. The number of ether oxygens (including phenoxy) is 1. The Kier molecular flexibility index (Phi) is 5.78. The van der Waals surface area contributed by atoms with Crippen LogP contribution >= 0.6 is 0 Å². The van der Waals surface area contributed by atoms with Crippen molar-refractivity contribution in [1.29, 1.82) is 0 Å². The van der Waals surface area contributed by atoms with Gasteiger partial charge in [0.2, 0.25) is 0 Å². The number of aromatic hydroxyl groups is 2. The first-order valence-corrected chi connectivity index (χ1v) is 7.61. The summed E-state index contributed by atoms with van der Waals surface area (Å²) in [7, 11) is 0. The van der Waals surface area contributed by atoms with Crippen molar-refractivity contribution < 1.29 is 19.7 Å². The number of hydrazone groups is 1. The zero-order valence-electron chi connectivity index (χ0n) is 13.6. The fourth-order valence-electron chi connectivity index (χ4n) is 2.00. The van der Waals surface area contributed by atoms with E-state index in [1.165, 1.54) is 18.2 Å². The highest BCUT2D eigenvalue weighted by atomic mass is 16.5. The summed E-state index contributed by atoms with van der Waals surface area (Å²) >= 11 is 0. The van der Waals surface area contributed by atoms with Gasteiger partial charge < -0.3 is 14.9 Å². The second-order valence-corrected chi connectivity index (χ2v) is 5.21. The molecule has 0 saturated heterocycles. The molecular weight excluding hydrogens is 308 g/mol. The van der Waals surface area contributed by atoms with Gasteiger partial charge in [-0.1, -0.05) is 6.92 Å². The van der Waals surface area contributed by atoms with Gasteiger partial charge in [-0.15, -0.1) is 0 Å². The monoisotopic (exact) mass is 328 g/mol. The number of nitrogens with one attached hydrogen (secondary N) is 1. The van der Waals surface area contributed by atoms with Crippen LogP contribution in [0.4, 0.5) is 0 Å². The van der Waals surface area contributed by atoms with Crippen molar-refractivity contribution in [3.05, 3.63) is 53.6 Å². The second kappa shape index (κ2) is 8.01. The molecule has 126 valence electrons. The lowest BCUT2D eigenvalue weighted by atomic mass is 10.1. The molecule has 6 heteroatoms. The lowest BCUT2D eigenvalue weighted by molar-refractivity contribution is 0.0954. The van der Waals surface area contributed by atoms with E-state index < -0.39 is 0 Å². The standard InChI is InChI=1S/C18H20N2O4/c1-3-10-24-15-7-4-13(5-8-15)18(23)20-19-12(2)16-11-14(21)6-9-17(16)22/h4-9,11,21-22H,3,10H2,1-2H3,(H,20,23)/b19-12-. The van der Waals surface area contributed by atoms with E-state index in [-0.39, 0.29) is 17.4 Å². The highest BCUT2D eigenvalue weighted by Crippen LogP contribution is 2.22. The molecule has 2 aromatic rings. The zero-order valence-corrected chi connectivity index (χ0v) is 13.6. The molecule has 0 saturated carbocycles. The van der Waals surface area contributed by atoms with Crippen LogP contribution < -0.4 is 10.2 Å². The Balaban J connectivity index is 2.05. The number of hydrogen-bond donors (Lipinski definition) is 3. The molecule has 0 bridgehead atoms. The largest absolute Gasteiger partial charge is 0.508 e. The molecule has 0 aliphatic rings. The van der Waals surface area contributed by atoms with Crippen LogP contribution in [0.5, 0.6) is 17.2 Å². The Morgan fingerprint density at radius 2 is 1.88 bits per heavy atom. The Bertz CT molecular complexity index is 739. The quantitative estimate of drug-likeness (QED) is 0.432. The van der Waals surface area contributed by atoms with Gasteiger partial charge in [0.05, 0.1) is 12.3 Å². The van der Waals surface area contributed by atoms with Crippen LogP contribution in [0.25, 0.3) is 0 Å². The van der Waals surface area contributed by atoms with E-state index in [1.54, 1.807) is 31.2 Å². The van der Waals surface area contributed by atoms with Gasteiger partial charge in [-0.25, -0.2) is 5.43 Å². The fourth-order valence-corrected chi connectivity index (χ4v) is 2.00. The maximum Gasteiger partial charge on any atom is 0.271 e. The van der Waals surface area contributed by atoms with Gasteiger partial charge in [0.25, 0.3) is 5.91 Å². The van der Waals surface area contributed by atoms with E-state index >= 15 is 0 Å². The molecule has 0 fully saturated rings. The van der Waals surface area contributed by atoms with Gasteiger partial charge >= 0.3 is 0 Å². The Hall–Kier alpha value is -3.02. The third-order valence-corrected chi connectivity index (χ3v) is 3.28. The first kappa shape index (κ1) is 17.3. The minimum absolute atomic E-state index is 0.00587. The molecular formula is C18H20N2O4. The Morgan fingerprint density at radius 1 is 1.17 bits per heavy atom. The summed E-state index contributed by atoms with van der Waals surface area (Å²) in [6.45, 7) is 4.27. The predicted octanol–water partition coefficient (Wildman–Crippen LogP) is 3.04. The van der Waals surface area contributed by atoms with Crippen molar-refractivity contribution in [2.45, 2.75) is 20.3 Å². The van der Waals surface area contributed by atoms with E-state index in [1.807, 2.05) is 6.92 Å². The summed E-state index contributed by atoms with van der Waals surface area (Å²) < 4.78 is 5.46. The van der Waals surface area contributed by atoms with E-state index in [0.717, 1.165) is 6.42 Å². The van der Waals surface area contributed by atoms with Crippen molar-refractivity contribution in [1.82, 2.24) is 5.43 Å². The number of carbonyl (C=O) groups is 1. The zero-order chi connectivity index (χ0) is 17.5. The van der Waals surface area contributed by atoms with Crippen LogP contribution in [0.2, 0.25) is 0 Å². The first-order chi connectivity index (χ1) is 11.5. The molecule has 2 aromatic carbocycles. The third kappa shape index (κ3) is 4.49. The fraction of sp³-hybridized carbons (Fsp3) is 0.222. The van der Waals surface area contributed by atoms with Crippen LogP contribution in [0.15, 0.2) is 47.6 Å². The third-order valence-electron chi connectivity index (χ3n) is 3.28. The second-order valence-electron chi connectivity index (χ2n) is 5.21. The Morgan fingerprint density at radius 3 is 2.54 bits per heavy atom. The number of phenolic OH excluding ortho intramolecular Hbond substituents is 2. The average molecular weight is 328 g/mol. The lowest BCUT2D eigenvalue weighted by Gasteiger charge is -2.07. The summed E-state index contributed by atoms with van der Waals surface area (Å²) in [6, 6.07) is 10.9. The summed E-state index contributed by atoms with van der Waals surface area (Å²) in [6.07, 6.45) is 0.915. The molecule has 0 aliphatic carbocycles. The van der Waals surface area contributed by atoms with Gasteiger partial charge in [0, 0.05) is 11.1 Å². The summed E-state index contributed by atoms with van der Waals surface area (Å²) in [5.74, 6) is 0.306. The van der Waals surface area contributed by atoms with Gasteiger partial charge in [-0.3, -0.25) is 4.79 Å². The first-order valence-electron chi connectivity index (χ1n) is 7.61. The average Bonchev–Trinajstić information content (AvgIpc) is 2.60. The molecule has 6 nitrogen and oxygen atoms in total. The number of carbonyl (C=O) groups excluding carboxylic acids is 1. The molecule has 0 spiro atoms. The smallest absolute Gasteiger partial charge is 0.271 e. The molecule has 3 N–H and O–H groups in total. The SMILES string of the molecule is CCCOc1ccc(C(=O)N/N=C(/C)c2cc(O)ccc2O)cc1. The number of amides is 1. The number of nitrogens with zero attached hydrogens (tertiary/aromatic N) is 1. The van der Waals surface area contributed by atoms with Gasteiger partial charge in [-0.2, -0.15) is 5.10 Å². The normalized spacial score (nSPS) is 11.2. The number of benzene rings is 2. The predicted molar refractivity (Wildman–Crippen MR) is 91.7 cm³/mol. The van der Waals surface area contributed by atoms with Crippen molar-refractivity contribution in [3.8, 4) is 17.2 Å². The van der Waals surface area contributed by atoms with Gasteiger partial charge in [-0.05, 0) is 55.8 Å². The van der Waals surface area contributed by atoms with E-state index in [0.29, 0.717) is 29.2 Å². The highest BCUT2D eigenvalue weighted by molar-refractivity contribution is 6.02. The van der Waals surface area contributed by atoms with Crippen molar-refractivity contribution >= 4 is 11.6 Å². The maximum absolute atomic E-state index is 12.1. The summed E-state index contributed by atoms with van der Waals surface area (Å²) in [5, 5.41) is 23.2. The molecule has 0 aromatic heterocycles. The molecule has 0 aliphatic heterocycles. The van der Waals surface area contributed by atoms with Crippen LogP contribution in [-0.4, -0.2) is 28.4 Å². The van der Waals surface area contributed by atoms with E-state index in [9.17, 15) is 15.0 Å². The number of phenols is 2. The van der Waals surface area contributed by atoms with E-state index in [2.05, 4.69) is 10.5 Å². The topological polar surface area (TPSA) is 91.2 Å². The van der Waals surface area contributed by atoms with Crippen molar-refractivity contribution in [2.24, 2.45) is 5.10 Å². The van der Waals surface area contributed by atoms with Crippen LogP contribution in [0.3, 0.4) is 0 Å². The van der Waals surface area contributed by atoms with Gasteiger partial charge in [0.15, 0.2) is 0 Å². The molecule has 0 heterocycles. The molecule has 24 heavy (non-hydrogen) atoms.